The van der Waals surface area contributed by atoms with Crippen molar-refractivity contribution in [3.63, 3.8) is 0 Å². The summed E-state index contributed by atoms with van der Waals surface area (Å²) >= 11 is 6.11. The second kappa shape index (κ2) is 8.07. The standard InChI is InChI=1S/C20H20ClN7O/c1-13(24-20(29)18-12-27-7-5-23-10-19(27)25-18)11-28-6-4-17(26-28)14-2-3-15(9-22)16(21)8-14/h2-4,6,8,12-13,23H,5,7,10-11H2,1H3,(H,24,29)/t13-/m0/s1. The lowest BCUT2D eigenvalue weighted by Crippen LogP contribution is -2.36. The maximum absolute atomic E-state index is 12.5. The molecule has 2 aromatic heterocycles. The number of nitriles is 1. The summed E-state index contributed by atoms with van der Waals surface area (Å²) in [5.41, 5.74) is 2.46. The molecule has 0 unspecified atom stereocenters. The molecule has 3 aromatic rings. The molecule has 1 aromatic carbocycles. The molecule has 0 radical (unpaired) electrons. The summed E-state index contributed by atoms with van der Waals surface area (Å²) in [5.74, 6) is 0.692. The number of aromatic nitrogens is 4. The predicted octanol–water partition coefficient (Wildman–Crippen LogP) is 2.19. The van der Waals surface area contributed by atoms with Crippen LogP contribution < -0.4 is 10.6 Å². The van der Waals surface area contributed by atoms with Crippen molar-refractivity contribution in [3.8, 4) is 17.3 Å². The lowest BCUT2D eigenvalue weighted by molar-refractivity contribution is 0.0931. The van der Waals surface area contributed by atoms with Crippen LogP contribution in [0.25, 0.3) is 11.3 Å². The van der Waals surface area contributed by atoms with Crippen molar-refractivity contribution < 1.29 is 4.79 Å². The molecule has 0 fully saturated rings. The van der Waals surface area contributed by atoms with Crippen LogP contribution in [-0.4, -0.2) is 37.8 Å². The van der Waals surface area contributed by atoms with Crippen LogP contribution in [0, 0.1) is 11.3 Å². The molecule has 148 valence electrons. The molecule has 1 aliphatic heterocycles. The third-order valence-corrected chi connectivity index (χ3v) is 5.08. The van der Waals surface area contributed by atoms with Gasteiger partial charge in [0.2, 0.25) is 0 Å². The fraction of sp³-hybridized carbons (Fsp3) is 0.300. The van der Waals surface area contributed by atoms with Gasteiger partial charge in [0, 0.05) is 37.1 Å². The zero-order valence-corrected chi connectivity index (χ0v) is 16.6. The SMILES string of the molecule is C[C@@H](Cn1ccc(-c2ccc(C#N)c(Cl)c2)n1)NC(=O)c1cn2c(n1)CNCC2. The zero-order chi connectivity index (χ0) is 20.4. The molecule has 8 nitrogen and oxygen atoms in total. The smallest absolute Gasteiger partial charge is 0.271 e. The number of nitrogens with zero attached hydrogens (tertiary/aromatic N) is 5. The van der Waals surface area contributed by atoms with E-state index in [1.165, 1.54) is 0 Å². The summed E-state index contributed by atoms with van der Waals surface area (Å²) in [6, 6.07) is 9.02. The van der Waals surface area contributed by atoms with Crippen molar-refractivity contribution in [1.82, 2.24) is 30.0 Å². The highest BCUT2D eigenvalue weighted by atomic mass is 35.5. The molecule has 1 atom stereocenters. The van der Waals surface area contributed by atoms with Crippen molar-refractivity contribution >= 4 is 17.5 Å². The summed E-state index contributed by atoms with van der Waals surface area (Å²) in [7, 11) is 0. The molecule has 0 saturated heterocycles. The number of fused-ring (bicyclic) bond motifs is 1. The first-order chi connectivity index (χ1) is 14.0. The molecule has 0 spiro atoms. The van der Waals surface area contributed by atoms with Gasteiger partial charge in [-0.05, 0) is 25.1 Å². The van der Waals surface area contributed by atoms with Gasteiger partial charge in [-0.3, -0.25) is 9.48 Å². The average Bonchev–Trinajstić information content (AvgIpc) is 3.34. The monoisotopic (exact) mass is 409 g/mol. The lowest BCUT2D eigenvalue weighted by atomic mass is 10.1. The van der Waals surface area contributed by atoms with E-state index < -0.39 is 0 Å². The Morgan fingerprint density at radius 1 is 1.45 bits per heavy atom. The van der Waals surface area contributed by atoms with Crippen molar-refractivity contribution in [2.45, 2.75) is 32.6 Å². The number of carbonyl (C=O) groups excluding carboxylic acids is 1. The largest absolute Gasteiger partial charge is 0.346 e. The number of rotatable bonds is 5. The highest BCUT2D eigenvalue weighted by molar-refractivity contribution is 6.32. The summed E-state index contributed by atoms with van der Waals surface area (Å²) in [5, 5.41) is 20.1. The van der Waals surface area contributed by atoms with Gasteiger partial charge in [0.15, 0.2) is 0 Å². The fourth-order valence-corrected chi connectivity index (χ4v) is 3.53. The van der Waals surface area contributed by atoms with Gasteiger partial charge < -0.3 is 15.2 Å². The van der Waals surface area contributed by atoms with Crippen LogP contribution in [-0.2, 0) is 19.6 Å². The fourth-order valence-electron chi connectivity index (χ4n) is 3.30. The third-order valence-electron chi connectivity index (χ3n) is 4.77. The van der Waals surface area contributed by atoms with E-state index in [0.717, 1.165) is 30.2 Å². The number of nitrogens with one attached hydrogen (secondary N) is 2. The minimum Gasteiger partial charge on any atom is -0.346 e. The number of imidazole rings is 1. The quantitative estimate of drug-likeness (QED) is 0.672. The van der Waals surface area contributed by atoms with E-state index in [-0.39, 0.29) is 11.9 Å². The molecule has 1 aliphatic rings. The minimum absolute atomic E-state index is 0.128. The second-order valence-electron chi connectivity index (χ2n) is 7.02. The first kappa shape index (κ1) is 19.2. The molecule has 1 amide bonds. The number of carbonyl (C=O) groups is 1. The van der Waals surface area contributed by atoms with Crippen LogP contribution in [0.4, 0.5) is 0 Å². The van der Waals surface area contributed by atoms with Gasteiger partial charge in [-0.25, -0.2) is 4.98 Å². The molecule has 2 N–H and O–H groups in total. The van der Waals surface area contributed by atoms with E-state index in [0.29, 0.717) is 29.4 Å². The van der Waals surface area contributed by atoms with Gasteiger partial charge in [-0.15, -0.1) is 0 Å². The molecule has 0 saturated carbocycles. The summed E-state index contributed by atoms with van der Waals surface area (Å²) in [4.78, 5) is 16.9. The minimum atomic E-state index is -0.189. The van der Waals surface area contributed by atoms with Crippen LogP contribution in [0.5, 0.6) is 0 Å². The Bertz CT molecular complexity index is 1070. The summed E-state index contributed by atoms with van der Waals surface area (Å²) in [6.07, 6.45) is 3.66. The molecule has 0 aliphatic carbocycles. The number of hydrogen-bond acceptors (Lipinski definition) is 5. The van der Waals surface area contributed by atoms with Gasteiger partial charge in [-0.1, -0.05) is 17.7 Å². The van der Waals surface area contributed by atoms with Crippen LogP contribution >= 0.6 is 11.6 Å². The zero-order valence-electron chi connectivity index (χ0n) is 15.9. The van der Waals surface area contributed by atoms with Crippen molar-refractivity contribution in [1.29, 1.82) is 5.26 Å². The maximum Gasteiger partial charge on any atom is 0.271 e. The maximum atomic E-state index is 12.5. The Hall–Kier alpha value is -3.15. The first-order valence-corrected chi connectivity index (χ1v) is 9.72. The Kier molecular flexibility index (Phi) is 5.34. The normalized spacial score (nSPS) is 14.1. The molecule has 3 heterocycles. The van der Waals surface area contributed by atoms with Gasteiger partial charge >= 0.3 is 0 Å². The van der Waals surface area contributed by atoms with Crippen molar-refractivity contribution in [2.75, 3.05) is 6.54 Å². The highest BCUT2D eigenvalue weighted by Gasteiger charge is 2.18. The summed E-state index contributed by atoms with van der Waals surface area (Å²) in [6.45, 7) is 4.83. The van der Waals surface area contributed by atoms with E-state index >= 15 is 0 Å². The number of hydrogen-bond donors (Lipinski definition) is 2. The molecular weight excluding hydrogens is 390 g/mol. The van der Waals surface area contributed by atoms with Crippen LogP contribution in [0.3, 0.4) is 0 Å². The van der Waals surface area contributed by atoms with Gasteiger partial charge in [0.1, 0.15) is 17.6 Å². The third kappa shape index (κ3) is 4.16. The van der Waals surface area contributed by atoms with Crippen molar-refractivity contribution in [3.05, 3.63) is 58.8 Å². The molecule has 0 bridgehead atoms. The van der Waals surface area contributed by atoms with Crippen LogP contribution in [0.1, 0.15) is 28.8 Å². The Morgan fingerprint density at radius 3 is 3.07 bits per heavy atom. The molecular formula is C20H20ClN7O. The topological polar surface area (TPSA) is 101 Å². The number of benzene rings is 1. The highest BCUT2D eigenvalue weighted by Crippen LogP contribution is 2.24. The van der Waals surface area contributed by atoms with E-state index in [1.807, 2.05) is 35.9 Å². The average molecular weight is 410 g/mol. The molecule has 29 heavy (non-hydrogen) atoms. The lowest BCUT2D eigenvalue weighted by Gasteiger charge is -2.13. The Morgan fingerprint density at radius 2 is 2.31 bits per heavy atom. The first-order valence-electron chi connectivity index (χ1n) is 9.34. The van der Waals surface area contributed by atoms with Crippen LogP contribution in [0.15, 0.2) is 36.7 Å². The Balaban J connectivity index is 1.39. The second-order valence-corrected chi connectivity index (χ2v) is 7.42. The molecule has 9 heteroatoms. The summed E-state index contributed by atoms with van der Waals surface area (Å²) < 4.78 is 3.78. The van der Waals surface area contributed by atoms with Gasteiger partial charge in [-0.2, -0.15) is 10.4 Å². The predicted molar refractivity (Wildman–Crippen MR) is 108 cm³/mol. The number of halogens is 1. The van der Waals surface area contributed by atoms with Crippen molar-refractivity contribution in [2.24, 2.45) is 0 Å². The van der Waals surface area contributed by atoms with Gasteiger partial charge in [0.25, 0.3) is 5.91 Å². The van der Waals surface area contributed by atoms with E-state index in [1.54, 1.807) is 23.0 Å². The number of amides is 1. The van der Waals surface area contributed by atoms with E-state index in [2.05, 4.69) is 20.7 Å². The Labute approximate surface area is 173 Å². The van der Waals surface area contributed by atoms with Crippen LogP contribution in [0.2, 0.25) is 5.02 Å². The van der Waals surface area contributed by atoms with E-state index in [9.17, 15) is 4.79 Å². The van der Waals surface area contributed by atoms with E-state index in [4.69, 9.17) is 16.9 Å². The molecule has 4 rings (SSSR count). The van der Waals surface area contributed by atoms with Gasteiger partial charge in [0.05, 0.1) is 29.4 Å².